The van der Waals surface area contributed by atoms with Crippen LogP contribution in [0.1, 0.15) is 42.5 Å². The molecule has 0 aliphatic carbocycles. The van der Waals surface area contributed by atoms with Crippen LogP contribution in [0.15, 0.2) is 47.4 Å². The average Bonchev–Trinajstić information content (AvgIpc) is 3.41. The van der Waals surface area contributed by atoms with Gasteiger partial charge in [-0.25, -0.2) is 0 Å². The highest BCUT2D eigenvalue weighted by molar-refractivity contribution is 7.98. The number of fused-ring (bicyclic) bond motifs is 3. The number of nitrogens with zero attached hydrogens (tertiary/aromatic N) is 3. The van der Waals surface area contributed by atoms with E-state index in [4.69, 9.17) is 0 Å². The average molecular weight is 479 g/mol. The first kappa shape index (κ1) is 22.8. The Morgan fingerprint density at radius 2 is 1.79 bits per heavy atom. The fourth-order valence-electron chi connectivity index (χ4n) is 5.20. The molecule has 2 aromatic carbocycles. The minimum atomic E-state index is -0.256. The number of thioether (sulfide) groups is 1. The number of hydrogen-bond acceptors (Lipinski definition) is 5. The van der Waals surface area contributed by atoms with Crippen molar-refractivity contribution in [1.82, 2.24) is 4.90 Å². The molecule has 2 saturated heterocycles. The molecule has 0 bridgehead atoms. The third kappa shape index (κ3) is 4.39. The summed E-state index contributed by atoms with van der Waals surface area (Å²) in [6, 6.07) is 13.0. The van der Waals surface area contributed by atoms with Crippen LogP contribution in [-0.2, 0) is 9.59 Å². The van der Waals surface area contributed by atoms with Crippen molar-refractivity contribution in [2.45, 2.75) is 43.0 Å². The van der Waals surface area contributed by atoms with Gasteiger partial charge < -0.3 is 15.1 Å². The quantitative estimate of drug-likeness (QED) is 0.658. The Balaban J connectivity index is 1.44. The minimum absolute atomic E-state index is 0.00759. The molecule has 178 valence electrons. The number of carbonyl (C=O) groups excluding carboxylic acids is 3. The molecule has 0 saturated carbocycles. The number of anilines is 3. The van der Waals surface area contributed by atoms with E-state index in [1.807, 2.05) is 47.6 Å². The standard InChI is InChI=1S/C26H30N4O3S/c1-34-20-8-6-7-19(16-20)27-24(31)17-30-23-15-18(25(32)28-12-4-5-13-28)10-11-21(23)29-14-3-2-9-22(29)26(30)33/h6-8,10-11,15-16,22H,2-5,9,12-14,17H2,1H3,(H,27,31). The maximum atomic E-state index is 13.6. The summed E-state index contributed by atoms with van der Waals surface area (Å²) in [5.74, 6) is -0.323. The van der Waals surface area contributed by atoms with Crippen LogP contribution >= 0.6 is 11.8 Å². The molecule has 5 rings (SSSR count). The van der Waals surface area contributed by atoms with E-state index >= 15 is 0 Å². The fourth-order valence-corrected chi connectivity index (χ4v) is 5.66. The Morgan fingerprint density at radius 3 is 2.59 bits per heavy atom. The Hall–Kier alpha value is -3.00. The summed E-state index contributed by atoms with van der Waals surface area (Å²) >= 11 is 1.61. The first-order chi connectivity index (χ1) is 16.5. The topological polar surface area (TPSA) is 73.0 Å². The van der Waals surface area contributed by atoms with Crippen molar-refractivity contribution < 1.29 is 14.4 Å². The van der Waals surface area contributed by atoms with E-state index in [0.717, 1.165) is 62.3 Å². The number of carbonyl (C=O) groups is 3. The fraction of sp³-hybridized carbons (Fsp3) is 0.423. The summed E-state index contributed by atoms with van der Waals surface area (Å²) in [7, 11) is 0. The molecule has 3 amide bonds. The van der Waals surface area contributed by atoms with Gasteiger partial charge in [0.15, 0.2) is 0 Å². The molecule has 8 heteroatoms. The lowest BCUT2D eigenvalue weighted by Gasteiger charge is -2.45. The lowest BCUT2D eigenvalue weighted by Crippen LogP contribution is -2.56. The maximum Gasteiger partial charge on any atom is 0.253 e. The molecule has 1 unspecified atom stereocenters. The minimum Gasteiger partial charge on any atom is -0.358 e. The van der Waals surface area contributed by atoms with Gasteiger partial charge in [-0.1, -0.05) is 6.07 Å². The zero-order valence-electron chi connectivity index (χ0n) is 19.5. The van der Waals surface area contributed by atoms with Crippen LogP contribution in [0.4, 0.5) is 17.1 Å². The molecule has 3 aliphatic heterocycles. The highest BCUT2D eigenvalue weighted by Crippen LogP contribution is 2.40. The normalized spacial score (nSPS) is 19.6. The van der Waals surface area contributed by atoms with Crippen LogP contribution in [0.3, 0.4) is 0 Å². The lowest BCUT2D eigenvalue weighted by atomic mass is 9.95. The van der Waals surface area contributed by atoms with Gasteiger partial charge in [0.2, 0.25) is 11.8 Å². The number of rotatable bonds is 5. The van der Waals surface area contributed by atoms with Gasteiger partial charge in [-0.2, -0.15) is 0 Å². The number of piperidine rings is 1. The molecular formula is C26H30N4O3S. The summed E-state index contributed by atoms with van der Waals surface area (Å²) in [4.78, 5) is 46.3. The molecule has 0 radical (unpaired) electrons. The Morgan fingerprint density at radius 1 is 1.00 bits per heavy atom. The molecule has 0 spiro atoms. The second-order valence-corrected chi connectivity index (χ2v) is 9.99. The van der Waals surface area contributed by atoms with Crippen LogP contribution in [0.2, 0.25) is 0 Å². The Labute approximate surface area is 204 Å². The van der Waals surface area contributed by atoms with Crippen molar-refractivity contribution in [3.63, 3.8) is 0 Å². The summed E-state index contributed by atoms with van der Waals surface area (Å²) in [5, 5.41) is 2.93. The van der Waals surface area contributed by atoms with E-state index in [1.165, 1.54) is 0 Å². The summed E-state index contributed by atoms with van der Waals surface area (Å²) in [6.45, 7) is 2.26. The van der Waals surface area contributed by atoms with Gasteiger partial charge in [-0.15, -0.1) is 11.8 Å². The first-order valence-corrected chi connectivity index (χ1v) is 13.2. The van der Waals surface area contributed by atoms with Crippen molar-refractivity contribution in [2.75, 3.05) is 47.6 Å². The van der Waals surface area contributed by atoms with Crippen molar-refractivity contribution in [1.29, 1.82) is 0 Å². The molecule has 3 aliphatic rings. The molecule has 34 heavy (non-hydrogen) atoms. The Bertz CT molecular complexity index is 1110. The van der Waals surface area contributed by atoms with Crippen LogP contribution in [0.5, 0.6) is 0 Å². The predicted octanol–water partition coefficient (Wildman–Crippen LogP) is 3.99. The molecule has 2 aromatic rings. The van der Waals surface area contributed by atoms with Gasteiger partial charge in [0.05, 0.1) is 11.4 Å². The van der Waals surface area contributed by atoms with Crippen LogP contribution in [0.25, 0.3) is 0 Å². The number of likely N-dealkylation sites (tertiary alicyclic amines) is 1. The van der Waals surface area contributed by atoms with Crippen molar-refractivity contribution >= 4 is 46.5 Å². The lowest BCUT2D eigenvalue weighted by molar-refractivity contribution is -0.123. The summed E-state index contributed by atoms with van der Waals surface area (Å²) in [6.07, 6.45) is 6.84. The number of benzene rings is 2. The van der Waals surface area contributed by atoms with E-state index in [9.17, 15) is 14.4 Å². The summed E-state index contributed by atoms with van der Waals surface area (Å²) in [5.41, 5.74) is 2.86. The smallest absolute Gasteiger partial charge is 0.253 e. The number of hydrogen-bond donors (Lipinski definition) is 1. The maximum absolute atomic E-state index is 13.6. The zero-order valence-corrected chi connectivity index (χ0v) is 20.3. The van der Waals surface area contributed by atoms with Gasteiger partial charge in [0, 0.05) is 35.8 Å². The van der Waals surface area contributed by atoms with Gasteiger partial charge in [-0.05, 0) is 74.8 Å². The molecule has 0 aromatic heterocycles. The molecule has 1 N–H and O–H groups in total. The monoisotopic (exact) mass is 478 g/mol. The third-order valence-corrected chi connectivity index (χ3v) is 7.65. The number of nitrogens with one attached hydrogen (secondary N) is 1. The van der Waals surface area contributed by atoms with Gasteiger partial charge in [0.25, 0.3) is 5.91 Å². The molecule has 2 fully saturated rings. The van der Waals surface area contributed by atoms with E-state index < -0.39 is 0 Å². The van der Waals surface area contributed by atoms with Gasteiger partial charge in [-0.3, -0.25) is 19.3 Å². The van der Waals surface area contributed by atoms with Crippen LogP contribution < -0.4 is 15.1 Å². The highest BCUT2D eigenvalue weighted by Gasteiger charge is 2.40. The largest absolute Gasteiger partial charge is 0.358 e. The Kier molecular flexibility index (Phi) is 6.50. The van der Waals surface area contributed by atoms with E-state index in [2.05, 4.69) is 10.2 Å². The SMILES string of the molecule is CSc1cccc(NC(=O)CN2C(=O)C3CCCCN3c3ccc(C(=O)N4CCCC4)cc32)c1. The van der Waals surface area contributed by atoms with Gasteiger partial charge >= 0.3 is 0 Å². The van der Waals surface area contributed by atoms with E-state index in [1.54, 1.807) is 22.7 Å². The highest BCUT2D eigenvalue weighted by atomic mass is 32.2. The van der Waals surface area contributed by atoms with E-state index in [-0.39, 0.29) is 30.3 Å². The van der Waals surface area contributed by atoms with Gasteiger partial charge in [0.1, 0.15) is 12.6 Å². The predicted molar refractivity (Wildman–Crippen MR) is 136 cm³/mol. The molecule has 1 atom stereocenters. The molecule has 3 heterocycles. The van der Waals surface area contributed by atoms with Crippen LogP contribution in [-0.4, -0.2) is 61.1 Å². The third-order valence-electron chi connectivity index (χ3n) is 6.92. The van der Waals surface area contributed by atoms with Crippen molar-refractivity contribution in [2.24, 2.45) is 0 Å². The number of amides is 3. The van der Waals surface area contributed by atoms with Crippen LogP contribution in [0, 0.1) is 0 Å². The first-order valence-electron chi connectivity index (χ1n) is 12.0. The molecule has 7 nitrogen and oxygen atoms in total. The second kappa shape index (κ2) is 9.70. The van der Waals surface area contributed by atoms with Crippen molar-refractivity contribution in [3.8, 4) is 0 Å². The zero-order chi connectivity index (χ0) is 23.7. The summed E-state index contributed by atoms with van der Waals surface area (Å²) < 4.78 is 0. The van der Waals surface area contributed by atoms with E-state index in [0.29, 0.717) is 16.9 Å². The molecular weight excluding hydrogens is 448 g/mol. The second-order valence-electron chi connectivity index (χ2n) is 9.11. The van der Waals surface area contributed by atoms with Crippen molar-refractivity contribution in [3.05, 3.63) is 48.0 Å².